The van der Waals surface area contributed by atoms with E-state index in [0.29, 0.717) is 5.92 Å². The van der Waals surface area contributed by atoms with Crippen molar-refractivity contribution in [3.63, 3.8) is 0 Å². The average molecular weight is 250 g/mol. The van der Waals surface area contributed by atoms with E-state index in [9.17, 15) is 5.11 Å². The number of hydrogen-bond acceptors (Lipinski definition) is 2. The van der Waals surface area contributed by atoms with Crippen LogP contribution in [0, 0.1) is 5.92 Å². The molecule has 3 nitrogen and oxygen atoms in total. The van der Waals surface area contributed by atoms with Gasteiger partial charge in [-0.05, 0) is 38.2 Å². The summed E-state index contributed by atoms with van der Waals surface area (Å²) in [6.45, 7) is 7.38. The number of aliphatic hydroxyl groups is 1. The second-order valence-corrected chi connectivity index (χ2v) is 5.90. The van der Waals surface area contributed by atoms with Gasteiger partial charge in [-0.2, -0.15) is 5.10 Å². The van der Waals surface area contributed by atoms with Crippen LogP contribution >= 0.6 is 0 Å². The van der Waals surface area contributed by atoms with Gasteiger partial charge in [-0.15, -0.1) is 0 Å². The Morgan fingerprint density at radius 1 is 1.50 bits per heavy atom. The molecule has 1 aromatic rings. The maximum atomic E-state index is 10.8. The van der Waals surface area contributed by atoms with Gasteiger partial charge in [0.15, 0.2) is 0 Å². The third kappa shape index (κ3) is 2.94. The first-order chi connectivity index (χ1) is 8.56. The molecule has 2 rings (SSSR count). The van der Waals surface area contributed by atoms with E-state index in [4.69, 9.17) is 0 Å². The van der Waals surface area contributed by atoms with Crippen molar-refractivity contribution in [2.45, 2.75) is 71.4 Å². The minimum atomic E-state index is -0.504. The zero-order chi connectivity index (χ0) is 13.2. The molecule has 0 bridgehead atoms. The Hall–Kier alpha value is -0.830. The molecular formula is C15H26N2O. The summed E-state index contributed by atoms with van der Waals surface area (Å²) in [6, 6.07) is 2.17. The zero-order valence-electron chi connectivity index (χ0n) is 11.9. The Labute approximate surface area is 110 Å². The topological polar surface area (TPSA) is 38.0 Å². The Balaban J connectivity index is 2.14. The van der Waals surface area contributed by atoms with Crippen molar-refractivity contribution in [2.24, 2.45) is 5.92 Å². The fraction of sp³-hybridized carbons (Fsp3) is 0.800. The molecular weight excluding hydrogens is 224 g/mol. The molecule has 3 heteroatoms. The highest BCUT2D eigenvalue weighted by atomic mass is 16.3. The van der Waals surface area contributed by atoms with Gasteiger partial charge >= 0.3 is 0 Å². The summed E-state index contributed by atoms with van der Waals surface area (Å²) in [6.07, 6.45) is 6.01. The van der Waals surface area contributed by atoms with E-state index in [0.717, 1.165) is 44.3 Å². The quantitative estimate of drug-likeness (QED) is 0.892. The van der Waals surface area contributed by atoms with E-state index in [1.807, 2.05) is 0 Å². The van der Waals surface area contributed by atoms with E-state index in [2.05, 4.69) is 36.6 Å². The number of nitrogens with zero attached hydrogens (tertiary/aromatic N) is 2. The van der Waals surface area contributed by atoms with Crippen LogP contribution in [0.15, 0.2) is 6.07 Å². The highest BCUT2D eigenvalue weighted by molar-refractivity contribution is 5.13. The zero-order valence-corrected chi connectivity index (χ0v) is 11.9. The van der Waals surface area contributed by atoms with Crippen molar-refractivity contribution in [3.8, 4) is 0 Å². The lowest BCUT2D eigenvalue weighted by Crippen LogP contribution is -2.37. The molecule has 102 valence electrons. The van der Waals surface area contributed by atoms with Crippen molar-refractivity contribution in [3.05, 3.63) is 17.5 Å². The van der Waals surface area contributed by atoms with E-state index in [-0.39, 0.29) is 0 Å². The van der Waals surface area contributed by atoms with Gasteiger partial charge in [0.05, 0.1) is 11.3 Å². The van der Waals surface area contributed by atoms with Crippen molar-refractivity contribution in [1.82, 2.24) is 9.78 Å². The Bertz CT molecular complexity index is 399. The normalized spacial score (nSPS) is 28.6. The minimum absolute atomic E-state index is 0.504. The molecule has 0 aromatic carbocycles. The Morgan fingerprint density at radius 2 is 2.28 bits per heavy atom. The van der Waals surface area contributed by atoms with Gasteiger partial charge in [-0.1, -0.05) is 26.7 Å². The lowest BCUT2D eigenvalue weighted by molar-refractivity contribution is -0.0139. The maximum absolute atomic E-state index is 10.8. The first-order valence-electron chi connectivity index (χ1n) is 7.34. The molecule has 1 aromatic heterocycles. The average Bonchev–Trinajstić information content (AvgIpc) is 2.70. The lowest BCUT2D eigenvalue weighted by atomic mass is 9.76. The monoisotopic (exact) mass is 250 g/mol. The number of aromatic nitrogens is 2. The fourth-order valence-electron chi connectivity index (χ4n) is 3.23. The van der Waals surface area contributed by atoms with E-state index >= 15 is 0 Å². The van der Waals surface area contributed by atoms with Gasteiger partial charge < -0.3 is 5.11 Å². The molecule has 0 spiro atoms. The lowest BCUT2D eigenvalue weighted by Gasteiger charge is -2.35. The predicted molar refractivity (Wildman–Crippen MR) is 73.6 cm³/mol. The molecule has 1 fully saturated rings. The van der Waals surface area contributed by atoms with Crippen molar-refractivity contribution >= 4 is 0 Å². The van der Waals surface area contributed by atoms with Gasteiger partial charge in [0.1, 0.15) is 0 Å². The van der Waals surface area contributed by atoms with E-state index in [1.165, 1.54) is 12.1 Å². The summed E-state index contributed by atoms with van der Waals surface area (Å²) in [5.74, 6) is 0.646. The third-order valence-corrected chi connectivity index (χ3v) is 4.15. The second-order valence-electron chi connectivity index (χ2n) is 5.90. The van der Waals surface area contributed by atoms with Crippen LogP contribution < -0.4 is 0 Å². The van der Waals surface area contributed by atoms with Crippen LogP contribution in [0.3, 0.4) is 0 Å². The van der Waals surface area contributed by atoms with Crippen molar-refractivity contribution in [1.29, 1.82) is 0 Å². The Kier molecular flexibility index (Phi) is 4.10. The highest BCUT2D eigenvalue weighted by Gasteiger charge is 2.33. The van der Waals surface area contributed by atoms with Crippen LogP contribution in [0.25, 0.3) is 0 Å². The van der Waals surface area contributed by atoms with Crippen LogP contribution in [0.4, 0.5) is 0 Å². The SMILES string of the molecule is CCc1cc(CC2(O)CCCC(C)C2)n(CC)n1. The smallest absolute Gasteiger partial charge is 0.0705 e. The molecule has 0 amide bonds. The molecule has 18 heavy (non-hydrogen) atoms. The van der Waals surface area contributed by atoms with Crippen LogP contribution in [0.5, 0.6) is 0 Å². The summed E-state index contributed by atoms with van der Waals surface area (Å²) in [4.78, 5) is 0. The summed E-state index contributed by atoms with van der Waals surface area (Å²) in [5, 5.41) is 15.3. The van der Waals surface area contributed by atoms with E-state index < -0.39 is 5.60 Å². The summed E-state index contributed by atoms with van der Waals surface area (Å²) >= 11 is 0. The fourth-order valence-corrected chi connectivity index (χ4v) is 3.23. The molecule has 1 N–H and O–H groups in total. The van der Waals surface area contributed by atoms with Gasteiger partial charge in [-0.3, -0.25) is 4.68 Å². The summed E-state index contributed by atoms with van der Waals surface area (Å²) in [7, 11) is 0. The van der Waals surface area contributed by atoms with Crippen LogP contribution in [0.1, 0.15) is 57.8 Å². The van der Waals surface area contributed by atoms with Gasteiger partial charge in [-0.25, -0.2) is 0 Å². The second kappa shape index (κ2) is 5.43. The van der Waals surface area contributed by atoms with Crippen LogP contribution in [0.2, 0.25) is 0 Å². The van der Waals surface area contributed by atoms with Gasteiger partial charge in [0.25, 0.3) is 0 Å². The summed E-state index contributed by atoms with van der Waals surface area (Å²) in [5.41, 5.74) is 1.83. The largest absolute Gasteiger partial charge is 0.389 e. The first-order valence-corrected chi connectivity index (χ1v) is 7.34. The molecule has 1 saturated carbocycles. The van der Waals surface area contributed by atoms with Gasteiger partial charge in [0, 0.05) is 18.7 Å². The minimum Gasteiger partial charge on any atom is -0.389 e. The molecule has 1 aliphatic carbocycles. The highest BCUT2D eigenvalue weighted by Crippen LogP contribution is 2.34. The van der Waals surface area contributed by atoms with Crippen molar-refractivity contribution in [2.75, 3.05) is 0 Å². The molecule has 1 heterocycles. The van der Waals surface area contributed by atoms with Crippen molar-refractivity contribution < 1.29 is 5.11 Å². The maximum Gasteiger partial charge on any atom is 0.0705 e. The standard InChI is InChI=1S/C15H26N2O/c1-4-13-9-14(17(5-2)16-13)11-15(18)8-6-7-12(3)10-15/h9,12,18H,4-8,10-11H2,1-3H3. The summed E-state index contributed by atoms with van der Waals surface area (Å²) < 4.78 is 2.05. The number of hydrogen-bond donors (Lipinski definition) is 1. The van der Waals surface area contributed by atoms with Crippen LogP contribution in [-0.2, 0) is 19.4 Å². The molecule has 2 atom stereocenters. The van der Waals surface area contributed by atoms with Crippen LogP contribution in [-0.4, -0.2) is 20.5 Å². The molecule has 2 unspecified atom stereocenters. The third-order valence-electron chi connectivity index (χ3n) is 4.15. The van der Waals surface area contributed by atoms with Gasteiger partial charge in [0.2, 0.25) is 0 Å². The molecule has 0 radical (unpaired) electrons. The Morgan fingerprint density at radius 3 is 2.89 bits per heavy atom. The first kappa shape index (κ1) is 13.6. The molecule has 0 saturated heterocycles. The van der Waals surface area contributed by atoms with E-state index in [1.54, 1.807) is 0 Å². The number of aryl methyl sites for hydroxylation is 2. The predicted octanol–water partition coefficient (Wildman–Crippen LogP) is 2.95. The molecule has 1 aliphatic rings. The number of rotatable bonds is 4. The molecule has 0 aliphatic heterocycles.